The van der Waals surface area contributed by atoms with E-state index in [0.717, 1.165) is 12.8 Å². The van der Waals surface area contributed by atoms with Gasteiger partial charge in [-0.05, 0) is 24.6 Å². The average molecular weight is 337 g/mol. The van der Waals surface area contributed by atoms with Gasteiger partial charge in [0.05, 0.1) is 5.69 Å². The van der Waals surface area contributed by atoms with E-state index < -0.39 is 12.5 Å². The number of carbonyl (C=O) groups is 1. The Morgan fingerprint density at radius 3 is 2.75 bits per heavy atom. The van der Waals surface area contributed by atoms with Crippen LogP contribution >= 0.6 is 0 Å². The van der Waals surface area contributed by atoms with Gasteiger partial charge in [0.15, 0.2) is 0 Å². The molecule has 1 N–H and O–H groups in total. The Morgan fingerprint density at radius 2 is 2.04 bits per heavy atom. The summed E-state index contributed by atoms with van der Waals surface area (Å²) in [6.45, 7) is -0.625. The number of unbranched alkanes of at least 4 members (excludes halogenated alkanes) is 1. The van der Waals surface area contributed by atoms with Crippen molar-refractivity contribution < 1.29 is 18.3 Å². The molecule has 2 rings (SSSR count). The monoisotopic (exact) mass is 337 g/mol. The van der Waals surface area contributed by atoms with Crippen molar-refractivity contribution in [2.24, 2.45) is 0 Å². The highest BCUT2D eigenvalue weighted by Crippen LogP contribution is 2.25. The van der Waals surface area contributed by atoms with Gasteiger partial charge in [0.25, 0.3) is 11.5 Å². The molecule has 1 amide bonds. The Balaban J connectivity index is 2.20. The van der Waals surface area contributed by atoms with Crippen LogP contribution in [0.3, 0.4) is 0 Å². The topological polar surface area (TPSA) is 73.2 Å². The van der Waals surface area contributed by atoms with Crippen LogP contribution in [-0.4, -0.2) is 22.3 Å². The zero-order valence-electron chi connectivity index (χ0n) is 13.0. The molecule has 6 nitrogen and oxygen atoms in total. The van der Waals surface area contributed by atoms with Gasteiger partial charge in [-0.25, -0.2) is 4.68 Å². The minimum absolute atomic E-state index is 0.0116. The summed E-state index contributed by atoms with van der Waals surface area (Å²) in [4.78, 5) is 24.0. The van der Waals surface area contributed by atoms with Gasteiger partial charge in [0.1, 0.15) is 11.4 Å². The number of nitrogens with zero attached hydrogens (tertiary/aromatic N) is 2. The Morgan fingerprint density at radius 1 is 1.29 bits per heavy atom. The lowest BCUT2D eigenvalue weighted by molar-refractivity contribution is -0.0493. The van der Waals surface area contributed by atoms with Gasteiger partial charge in [-0.1, -0.05) is 25.5 Å². The maximum absolute atomic E-state index is 12.4. The molecular weight excluding hydrogens is 320 g/mol. The van der Waals surface area contributed by atoms with E-state index in [-0.39, 0.29) is 22.7 Å². The van der Waals surface area contributed by atoms with Gasteiger partial charge < -0.3 is 10.1 Å². The summed E-state index contributed by atoms with van der Waals surface area (Å²) in [6.07, 6.45) is 1.63. The lowest BCUT2D eigenvalue weighted by atomic mass is 10.2. The number of rotatable bonds is 7. The minimum Gasteiger partial charge on any atom is -0.433 e. The van der Waals surface area contributed by atoms with Crippen LogP contribution in [0, 0.1) is 0 Å². The molecule has 0 unspecified atom stereocenters. The minimum atomic E-state index is -3.00. The van der Waals surface area contributed by atoms with E-state index >= 15 is 0 Å². The van der Waals surface area contributed by atoms with Gasteiger partial charge in [0, 0.05) is 12.6 Å². The number of hydrogen-bond donors (Lipinski definition) is 1. The maximum atomic E-state index is 12.4. The molecule has 8 heteroatoms. The lowest BCUT2D eigenvalue weighted by Gasteiger charge is -2.12. The number of ether oxygens (including phenoxy) is 1. The van der Waals surface area contributed by atoms with Crippen LogP contribution in [0.1, 0.15) is 30.3 Å². The molecule has 0 aliphatic rings. The van der Waals surface area contributed by atoms with Crippen LogP contribution in [0.25, 0.3) is 0 Å². The van der Waals surface area contributed by atoms with Gasteiger partial charge in [-0.15, -0.1) is 0 Å². The van der Waals surface area contributed by atoms with Crippen LogP contribution < -0.4 is 15.6 Å². The first-order valence-corrected chi connectivity index (χ1v) is 7.44. The van der Waals surface area contributed by atoms with E-state index in [0.29, 0.717) is 6.54 Å². The van der Waals surface area contributed by atoms with Crippen LogP contribution in [-0.2, 0) is 6.54 Å². The molecule has 1 aromatic heterocycles. The summed E-state index contributed by atoms with van der Waals surface area (Å²) in [5.74, 6) is -0.772. The van der Waals surface area contributed by atoms with Crippen molar-refractivity contribution in [2.75, 3.05) is 5.32 Å². The number of halogens is 2. The Kier molecular flexibility index (Phi) is 6.00. The third kappa shape index (κ3) is 4.61. The van der Waals surface area contributed by atoms with E-state index in [9.17, 15) is 18.4 Å². The Labute approximate surface area is 137 Å². The molecule has 0 saturated carbocycles. The highest BCUT2D eigenvalue weighted by Gasteiger charge is 2.14. The Hall–Kier alpha value is -2.77. The summed E-state index contributed by atoms with van der Waals surface area (Å²) in [5, 5.41) is 6.46. The molecule has 0 radical (unpaired) electrons. The lowest BCUT2D eigenvalue weighted by Crippen LogP contribution is -2.26. The normalized spacial score (nSPS) is 10.7. The second-order valence-corrected chi connectivity index (χ2v) is 4.96. The number of carbonyl (C=O) groups excluding carboxylic acids is 1. The zero-order valence-corrected chi connectivity index (χ0v) is 13.0. The fourth-order valence-electron chi connectivity index (χ4n) is 1.99. The first-order valence-electron chi connectivity index (χ1n) is 7.44. The maximum Gasteiger partial charge on any atom is 0.387 e. The Bertz CT molecular complexity index is 762. The van der Waals surface area contributed by atoms with Crippen molar-refractivity contribution in [1.82, 2.24) is 9.78 Å². The second-order valence-electron chi connectivity index (χ2n) is 4.96. The molecule has 0 aliphatic carbocycles. The molecule has 0 atom stereocenters. The molecule has 0 saturated heterocycles. The van der Waals surface area contributed by atoms with E-state index in [1.54, 1.807) is 6.07 Å². The molecule has 1 heterocycles. The van der Waals surface area contributed by atoms with Crippen molar-refractivity contribution in [3.63, 3.8) is 0 Å². The molecule has 128 valence electrons. The second kappa shape index (κ2) is 8.19. The standard InChI is InChI=1S/C16H17F2N3O3/c1-2-3-10-21-14(22)9-8-12(20-21)15(23)19-11-6-4-5-7-13(11)24-16(17)18/h4-9,16H,2-3,10H2,1H3,(H,19,23). The summed E-state index contributed by atoms with van der Waals surface area (Å²) in [7, 11) is 0. The number of hydrogen-bond acceptors (Lipinski definition) is 4. The third-order valence-corrected chi connectivity index (χ3v) is 3.17. The zero-order chi connectivity index (χ0) is 17.5. The number of alkyl halides is 2. The first kappa shape index (κ1) is 17.6. The van der Waals surface area contributed by atoms with Crippen molar-refractivity contribution in [2.45, 2.75) is 32.9 Å². The van der Waals surface area contributed by atoms with Crippen LogP contribution in [0.5, 0.6) is 5.75 Å². The van der Waals surface area contributed by atoms with E-state index in [1.807, 2.05) is 6.92 Å². The number of benzene rings is 1. The van der Waals surface area contributed by atoms with Gasteiger partial charge in [0.2, 0.25) is 0 Å². The van der Waals surface area contributed by atoms with Crippen molar-refractivity contribution >= 4 is 11.6 Å². The average Bonchev–Trinajstić information content (AvgIpc) is 2.55. The highest BCUT2D eigenvalue weighted by atomic mass is 19.3. The molecular formula is C16H17F2N3O3. The van der Waals surface area contributed by atoms with Crippen LogP contribution in [0.4, 0.5) is 14.5 Å². The number of nitrogens with one attached hydrogen (secondary N) is 1. The number of anilines is 1. The smallest absolute Gasteiger partial charge is 0.387 e. The SMILES string of the molecule is CCCCn1nc(C(=O)Nc2ccccc2OC(F)F)ccc1=O. The fourth-order valence-corrected chi connectivity index (χ4v) is 1.99. The van der Waals surface area contributed by atoms with E-state index in [2.05, 4.69) is 15.2 Å². The molecule has 0 fully saturated rings. The van der Waals surface area contributed by atoms with Gasteiger partial charge >= 0.3 is 6.61 Å². The largest absolute Gasteiger partial charge is 0.433 e. The van der Waals surface area contributed by atoms with E-state index in [1.165, 1.54) is 35.0 Å². The number of aryl methyl sites for hydroxylation is 1. The number of para-hydroxylation sites is 2. The van der Waals surface area contributed by atoms with Crippen molar-refractivity contribution in [3.05, 3.63) is 52.4 Å². The third-order valence-electron chi connectivity index (χ3n) is 3.17. The molecule has 24 heavy (non-hydrogen) atoms. The predicted octanol–water partition coefficient (Wildman–Crippen LogP) is 2.90. The summed E-state index contributed by atoms with van der Waals surface area (Å²) < 4.78 is 30.3. The summed E-state index contributed by atoms with van der Waals surface area (Å²) in [5.41, 5.74) is -0.199. The number of amides is 1. The van der Waals surface area contributed by atoms with Crippen molar-refractivity contribution in [1.29, 1.82) is 0 Å². The van der Waals surface area contributed by atoms with Gasteiger partial charge in [-0.2, -0.15) is 13.9 Å². The van der Waals surface area contributed by atoms with Crippen molar-refractivity contribution in [3.8, 4) is 5.75 Å². The summed E-state index contributed by atoms with van der Waals surface area (Å²) in [6, 6.07) is 8.37. The highest BCUT2D eigenvalue weighted by molar-refractivity contribution is 6.03. The molecule has 0 spiro atoms. The predicted molar refractivity (Wildman–Crippen MR) is 84.4 cm³/mol. The quantitative estimate of drug-likeness (QED) is 0.843. The van der Waals surface area contributed by atoms with Gasteiger partial charge in [-0.3, -0.25) is 9.59 Å². The molecule has 0 bridgehead atoms. The molecule has 0 aliphatic heterocycles. The molecule has 2 aromatic rings. The van der Waals surface area contributed by atoms with Crippen LogP contribution in [0.15, 0.2) is 41.2 Å². The van der Waals surface area contributed by atoms with Crippen LogP contribution in [0.2, 0.25) is 0 Å². The summed E-state index contributed by atoms with van der Waals surface area (Å²) >= 11 is 0. The first-order chi connectivity index (χ1) is 11.5. The van der Waals surface area contributed by atoms with E-state index in [4.69, 9.17) is 0 Å². The fraction of sp³-hybridized carbons (Fsp3) is 0.312. The molecule has 1 aromatic carbocycles. The number of aromatic nitrogens is 2.